The summed E-state index contributed by atoms with van der Waals surface area (Å²) in [6.07, 6.45) is -0.234. The Morgan fingerprint density at radius 2 is 2.11 bits per heavy atom. The Morgan fingerprint density at radius 1 is 1.44 bits per heavy atom. The second-order valence-electron chi connectivity index (χ2n) is 4.85. The molecule has 18 heavy (non-hydrogen) atoms. The lowest BCUT2D eigenvalue weighted by Crippen LogP contribution is -2.42. The van der Waals surface area contributed by atoms with Gasteiger partial charge in [-0.3, -0.25) is 0 Å². The maximum absolute atomic E-state index is 11.7. The Balaban J connectivity index is 1.77. The van der Waals surface area contributed by atoms with Crippen molar-refractivity contribution in [3.63, 3.8) is 0 Å². The molecule has 2 rings (SSSR count). The molecule has 0 spiro atoms. The number of carbonyl (C=O) groups is 1. The molecule has 1 aromatic rings. The van der Waals surface area contributed by atoms with E-state index in [1.54, 1.807) is 0 Å². The Labute approximate surface area is 107 Å². The lowest BCUT2D eigenvalue weighted by molar-refractivity contribution is 0.129. The molecule has 1 aromatic carbocycles. The van der Waals surface area contributed by atoms with Gasteiger partial charge in [0, 0.05) is 0 Å². The average Bonchev–Trinajstić information content (AvgIpc) is 3.18. The van der Waals surface area contributed by atoms with E-state index in [0.717, 1.165) is 12.2 Å². The lowest BCUT2D eigenvalue weighted by Gasteiger charge is -2.19. The summed E-state index contributed by atoms with van der Waals surface area (Å²) in [7, 11) is 0. The van der Waals surface area contributed by atoms with Crippen molar-refractivity contribution in [1.29, 1.82) is 0 Å². The van der Waals surface area contributed by atoms with Crippen molar-refractivity contribution in [1.82, 2.24) is 5.32 Å². The first kappa shape index (κ1) is 12.9. The van der Waals surface area contributed by atoms with Crippen LogP contribution in [0.4, 0.5) is 4.79 Å². The minimum Gasteiger partial charge on any atom is -0.445 e. The number of hydrogen-bond donors (Lipinski definition) is 1. The van der Waals surface area contributed by atoms with Crippen LogP contribution in [-0.4, -0.2) is 24.8 Å². The van der Waals surface area contributed by atoms with Gasteiger partial charge in [-0.05, 0) is 11.5 Å². The van der Waals surface area contributed by atoms with E-state index in [4.69, 9.17) is 9.47 Å². The number of epoxide rings is 1. The van der Waals surface area contributed by atoms with Crippen molar-refractivity contribution >= 4 is 6.09 Å². The van der Waals surface area contributed by atoms with Crippen molar-refractivity contribution in [3.05, 3.63) is 35.9 Å². The monoisotopic (exact) mass is 249 g/mol. The fraction of sp³-hybridized carbons (Fsp3) is 0.500. The molecule has 4 heteroatoms. The van der Waals surface area contributed by atoms with Gasteiger partial charge in [0.15, 0.2) is 0 Å². The summed E-state index contributed by atoms with van der Waals surface area (Å²) in [5.41, 5.74) is 0.983. The van der Waals surface area contributed by atoms with Crippen molar-refractivity contribution in [3.8, 4) is 0 Å². The molecule has 0 saturated carbocycles. The van der Waals surface area contributed by atoms with Gasteiger partial charge in [0.25, 0.3) is 0 Å². The maximum Gasteiger partial charge on any atom is 0.407 e. The molecule has 1 fully saturated rings. The number of ether oxygens (including phenoxy) is 2. The first-order chi connectivity index (χ1) is 8.66. The van der Waals surface area contributed by atoms with Gasteiger partial charge in [-0.25, -0.2) is 4.79 Å². The lowest BCUT2D eigenvalue weighted by atomic mass is 10.0. The predicted molar refractivity (Wildman–Crippen MR) is 68.1 cm³/mol. The molecule has 1 heterocycles. The highest BCUT2D eigenvalue weighted by Gasteiger charge is 2.36. The van der Waals surface area contributed by atoms with Gasteiger partial charge in [0.1, 0.15) is 12.7 Å². The highest BCUT2D eigenvalue weighted by Crippen LogP contribution is 2.20. The largest absolute Gasteiger partial charge is 0.445 e. The van der Waals surface area contributed by atoms with E-state index in [2.05, 4.69) is 19.2 Å². The normalized spacial score (nSPS) is 19.4. The summed E-state index contributed by atoms with van der Waals surface area (Å²) in [5, 5.41) is 2.86. The van der Waals surface area contributed by atoms with Crippen LogP contribution >= 0.6 is 0 Å². The molecular weight excluding hydrogens is 230 g/mol. The number of carbonyl (C=O) groups excluding carboxylic acids is 1. The Morgan fingerprint density at radius 3 is 2.67 bits per heavy atom. The quantitative estimate of drug-likeness (QED) is 0.815. The molecule has 1 amide bonds. The smallest absolute Gasteiger partial charge is 0.407 e. The minimum absolute atomic E-state index is 0.0354. The van der Waals surface area contributed by atoms with Crippen molar-refractivity contribution < 1.29 is 14.3 Å². The van der Waals surface area contributed by atoms with E-state index in [0.29, 0.717) is 12.5 Å². The van der Waals surface area contributed by atoms with Crippen LogP contribution in [-0.2, 0) is 16.1 Å². The summed E-state index contributed by atoms with van der Waals surface area (Å²) in [6.45, 7) is 5.14. The molecule has 0 unspecified atom stereocenters. The van der Waals surface area contributed by atoms with Gasteiger partial charge in [0.2, 0.25) is 0 Å². The molecule has 1 saturated heterocycles. The second-order valence-corrected chi connectivity index (χ2v) is 4.85. The fourth-order valence-corrected chi connectivity index (χ4v) is 1.85. The predicted octanol–water partition coefficient (Wildman–Crippen LogP) is 2.34. The maximum atomic E-state index is 11.7. The van der Waals surface area contributed by atoms with Gasteiger partial charge >= 0.3 is 6.09 Å². The van der Waals surface area contributed by atoms with E-state index in [9.17, 15) is 4.79 Å². The van der Waals surface area contributed by atoms with E-state index in [1.165, 1.54) is 0 Å². The van der Waals surface area contributed by atoms with Crippen molar-refractivity contribution in [2.75, 3.05) is 6.61 Å². The molecule has 1 aliphatic rings. The number of hydrogen-bond acceptors (Lipinski definition) is 3. The first-order valence-corrected chi connectivity index (χ1v) is 6.25. The van der Waals surface area contributed by atoms with Gasteiger partial charge in [-0.15, -0.1) is 0 Å². The molecule has 1 N–H and O–H groups in total. The van der Waals surface area contributed by atoms with Gasteiger partial charge in [0.05, 0.1) is 12.6 Å². The molecule has 0 aromatic heterocycles. The minimum atomic E-state index is -0.381. The molecule has 0 bridgehead atoms. The third kappa shape index (κ3) is 3.74. The zero-order valence-electron chi connectivity index (χ0n) is 10.8. The van der Waals surface area contributed by atoms with Crippen molar-refractivity contribution in [2.45, 2.75) is 32.6 Å². The van der Waals surface area contributed by atoms with Crippen LogP contribution in [0.25, 0.3) is 0 Å². The van der Waals surface area contributed by atoms with Crippen LogP contribution in [0.3, 0.4) is 0 Å². The zero-order valence-corrected chi connectivity index (χ0v) is 10.8. The average molecular weight is 249 g/mol. The molecule has 0 radical (unpaired) electrons. The van der Waals surface area contributed by atoms with E-state index >= 15 is 0 Å². The van der Waals surface area contributed by atoms with Crippen LogP contribution in [0.2, 0.25) is 0 Å². The van der Waals surface area contributed by atoms with E-state index < -0.39 is 0 Å². The third-order valence-electron chi connectivity index (χ3n) is 2.98. The van der Waals surface area contributed by atoms with Crippen molar-refractivity contribution in [2.24, 2.45) is 5.92 Å². The summed E-state index contributed by atoms with van der Waals surface area (Å²) < 4.78 is 10.4. The number of alkyl carbamates (subject to hydrolysis) is 1. The Hall–Kier alpha value is -1.55. The summed E-state index contributed by atoms with van der Waals surface area (Å²) >= 11 is 0. The topological polar surface area (TPSA) is 50.9 Å². The fourth-order valence-electron chi connectivity index (χ4n) is 1.85. The molecule has 0 aliphatic carbocycles. The number of nitrogens with one attached hydrogen (secondary N) is 1. The summed E-state index contributed by atoms with van der Waals surface area (Å²) in [6, 6.07) is 9.67. The second kappa shape index (κ2) is 5.87. The third-order valence-corrected chi connectivity index (χ3v) is 2.98. The van der Waals surface area contributed by atoms with Crippen LogP contribution in [0.5, 0.6) is 0 Å². The first-order valence-electron chi connectivity index (χ1n) is 6.25. The standard InChI is InChI=1S/C14H19NO3/c1-10(2)13(12-9-17-12)15-14(16)18-8-11-6-4-3-5-7-11/h3-7,10,12-13H,8-9H2,1-2H3,(H,15,16)/t12-,13+/m1/s1. The van der Waals surface area contributed by atoms with Gasteiger partial charge < -0.3 is 14.8 Å². The molecule has 98 valence electrons. The summed E-state index contributed by atoms with van der Waals surface area (Å²) in [4.78, 5) is 11.7. The Bertz CT molecular complexity index is 385. The van der Waals surface area contributed by atoms with Gasteiger partial charge in [-0.2, -0.15) is 0 Å². The molecular formula is C14H19NO3. The highest BCUT2D eigenvalue weighted by molar-refractivity contribution is 5.67. The van der Waals surface area contributed by atoms with Crippen LogP contribution < -0.4 is 5.32 Å². The van der Waals surface area contributed by atoms with Crippen LogP contribution in [0.15, 0.2) is 30.3 Å². The molecule has 4 nitrogen and oxygen atoms in total. The van der Waals surface area contributed by atoms with E-state index in [1.807, 2.05) is 30.3 Å². The molecule has 2 atom stereocenters. The number of benzene rings is 1. The number of rotatable bonds is 5. The number of amides is 1. The SMILES string of the molecule is CC(C)[C@H](NC(=O)OCc1ccccc1)[C@H]1CO1. The van der Waals surface area contributed by atoms with E-state index in [-0.39, 0.29) is 18.2 Å². The van der Waals surface area contributed by atoms with Crippen LogP contribution in [0.1, 0.15) is 19.4 Å². The zero-order chi connectivity index (χ0) is 13.0. The molecule has 1 aliphatic heterocycles. The Kier molecular flexibility index (Phi) is 4.20. The van der Waals surface area contributed by atoms with Crippen LogP contribution in [0, 0.1) is 5.92 Å². The van der Waals surface area contributed by atoms with Gasteiger partial charge in [-0.1, -0.05) is 44.2 Å². The summed E-state index contributed by atoms with van der Waals surface area (Å²) in [5.74, 6) is 0.335. The highest BCUT2D eigenvalue weighted by atomic mass is 16.6.